The molecule has 1 aliphatic heterocycles. The Balaban J connectivity index is 2.37. The molecule has 7 nitrogen and oxygen atoms in total. The second-order valence-electron chi connectivity index (χ2n) is 4.69. The molecular weight excluding hydrogens is 281 g/mol. The molecule has 1 heterocycles. The largest absolute Gasteiger partial charge is 0.357 e. The van der Waals surface area contributed by atoms with Crippen molar-refractivity contribution in [1.82, 2.24) is 10.2 Å². The van der Waals surface area contributed by atoms with Gasteiger partial charge in [0.25, 0.3) is 11.6 Å². The Hall–Kier alpha value is -2.51. The van der Waals surface area contributed by atoms with Crippen LogP contribution in [0.2, 0.25) is 0 Å². The summed E-state index contributed by atoms with van der Waals surface area (Å²) < 4.78 is 13.3. The van der Waals surface area contributed by atoms with Gasteiger partial charge in [0.05, 0.1) is 4.92 Å². The van der Waals surface area contributed by atoms with Crippen LogP contribution in [-0.4, -0.2) is 41.3 Å². The van der Waals surface area contributed by atoms with Crippen LogP contribution < -0.4 is 5.32 Å². The first-order valence-electron chi connectivity index (χ1n) is 6.42. The highest BCUT2D eigenvalue weighted by Gasteiger charge is 2.36. The second kappa shape index (κ2) is 5.86. The Morgan fingerprint density at radius 2 is 2.19 bits per heavy atom. The molecule has 1 unspecified atom stereocenters. The van der Waals surface area contributed by atoms with E-state index in [1.165, 1.54) is 11.9 Å². The van der Waals surface area contributed by atoms with Crippen LogP contribution in [0.15, 0.2) is 18.2 Å². The Morgan fingerprint density at radius 1 is 1.48 bits per heavy atom. The Bertz CT molecular complexity index is 605. The summed E-state index contributed by atoms with van der Waals surface area (Å²) in [6.07, 6.45) is 1.10. The minimum atomic E-state index is -0.738. The third-order valence-corrected chi connectivity index (χ3v) is 3.45. The predicted molar refractivity (Wildman–Crippen MR) is 71.2 cm³/mol. The summed E-state index contributed by atoms with van der Waals surface area (Å²) in [6.45, 7) is 0.310. The first-order valence-corrected chi connectivity index (χ1v) is 6.42. The number of likely N-dealkylation sites (tertiary alicyclic amines) is 1. The maximum absolute atomic E-state index is 13.3. The molecule has 1 aromatic carbocycles. The maximum Gasteiger partial charge on any atom is 0.282 e. The smallest absolute Gasteiger partial charge is 0.282 e. The number of amides is 2. The van der Waals surface area contributed by atoms with Gasteiger partial charge in [-0.2, -0.15) is 0 Å². The fraction of sp³-hybridized carbons (Fsp3) is 0.385. The topological polar surface area (TPSA) is 92.6 Å². The molecule has 0 radical (unpaired) electrons. The van der Waals surface area contributed by atoms with Crippen LogP contribution in [0.25, 0.3) is 0 Å². The first-order chi connectivity index (χ1) is 9.95. The summed E-state index contributed by atoms with van der Waals surface area (Å²) in [5, 5.41) is 13.4. The highest BCUT2D eigenvalue weighted by molar-refractivity contribution is 6.00. The molecule has 1 aliphatic rings. The monoisotopic (exact) mass is 295 g/mol. The number of nitro groups is 1. The van der Waals surface area contributed by atoms with Crippen LogP contribution >= 0.6 is 0 Å². The zero-order valence-electron chi connectivity index (χ0n) is 11.3. The normalized spacial score (nSPS) is 17.6. The lowest BCUT2D eigenvalue weighted by Gasteiger charge is -2.23. The number of hydrogen-bond acceptors (Lipinski definition) is 4. The Kier molecular flexibility index (Phi) is 4.15. The van der Waals surface area contributed by atoms with E-state index in [2.05, 4.69) is 5.32 Å². The number of benzene rings is 1. The van der Waals surface area contributed by atoms with Gasteiger partial charge in [-0.15, -0.1) is 0 Å². The number of hydrogen-bond donors (Lipinski definition) is 1. The van der Waals surface area contributed by atoms with E-state index >= 15 is 0 Å². The van der Waals surface area contributed by atoms with Crippen molar-refractivity contribution in [2.75, 3.05) is 13.6 Å². The van der Waals surface area contributed by atoms with E-state index in [-0.39, 0.29) is 11.5 Å². The molecule has 1 N–H and O–H groups in total. The van der Waals surface area contributed by atoms with E-state index in [4.69, 9.17) is 0 Å². The highest BCUT2D eigenvalue weighted by atomic mass is 19.1. The average molecular weight is 295 g/mol. The number of rotatable bonds is 3. The van der Waals surface area contributed by atoms with Crippen molar-refractivity contribution in [3.8, 4) is 0 Å². The SMILES string of the molecule is CNC(=O)C1CCCN1C(=O)c1cc(F)ccc1[N+](=O)[O-]. The second-order valence-corrected chi connectivity index (χ2v) is 4.69. The van der Waals surface area contributed by atoms with Crippen LogP contribution in [-0.2, 0) is 4.79 Å². The summed E-state index contributed by atoms with van der Waals surface area (Å²) in [4.78, 5) is 35.6. The van der Waals surface area contributed by atoms with Crippen LogP contribution in [0.1, 0.15) is 23.2 Å². The summed E-state index contributed by atoms with van der Waals surface area (Å²) in [5.41, 5.74) is -0.806. The molecule has 112 valence electrons. The molecule has 2 amide bonds. The van der Waals surface area contributed by atoms with Crippen molar-refractivity contribution in [2.24, 2.45) is 0 Å². The first kappa shape index (κ1) is 14.9. The lowest BCUT2D eigenvalue weighted by Crippen LogP contribution is -2.45. The average Bonchev–Trinajstić information content (AvgIpc) is 2.94. The van der Waals surface area contributed by atoms with Crippen LogP contribution in [0, 0.1) is 15.9 Å². The van der Waals surface area contributed by atoms with Gasteiger partial charge in [0, 0.05) is 19.7 Å². The standard InChI is InChI=1S/C13H14FN3O4/c1-15-12(18)11-3-2-6-16(11)13(19)9-7-8(14)4-5-10(9)17(20)21/h4-5,7,11H,2-3,6H2,1H3,(H,15,18). The maximum atomic E-state index is 13.3. The van der Waals surface area contributed by atoms with Crippen LogP contribution in [0.4, 0.5) is 10.1 Å². The molecule has 0 saturated carbocycles. The zero-order chi connectivity index (χ0) is 15.6. The van der Waals surface area contributed by atoms with Gasteiger partial charge in [-0.3, -0.25) is 19.7 Å². The summed E-state index contributed by atoms with van der Waals surface area (Å²) in [5.74, 6) is -1.77. The van der Waals surface area contributed by atoms with Crippen LogP contribution in [0.5, 0.6) is 0 Å². The van der Waals surface area contributed by atoms with Gasteiger partial charge in [-0.25, -0.2) is 4.39 Å². The number of nitro benzene ring substituents is 1. The molecule has 2 rings (SSSR count). The fourth-order valence-corrected chi connectivity index (χ4v) is 2.44. The molecule has 0 spiro atoms. The predicted octanol–water partition coefficient (Wildman–Crippen LogP) is 1.08. The van der Waals surface area contributed by atoms with E-state index in [0.717, 1.165) is 18.2 Å². The van der Waals surface area contributed by atoms with Gasteiger partial charge >= 0.3 is 0 Å². The number of halogens is 1. The molecule has 0 aromatic heterocycles. The van der Waals surface area contributed by atoms with Crippen molar-refractivity contribution in [1.29, 1.82) is 0 Å². The number of likely N-dealkylation sites (N-methyl/N-ethyl adjacent to an activating group) is 1. The molecule has 0 aliphatic carbocycles. The van der Waals surface area contributed by atoms with Gasteiger partial charge in [0.1, 0.15) is 17.4 Å². The van der Waals surface area contributed by atoms with Gasteiger partial charge in [-0.05, 0) is 25.0 Å². The van der Waals surface area contributed by atoms with Crippen molar-refractivity contribution in [3.05, 3.63) is 39.7 Å². The van der Waals surface area contributed by atoms with Gasteiger partial charge < -0.3 is 10.2 Å². The number of carbonyl (C=O) groups is 2. The lowest BCUT2D eigenvalue weighted by molar-refractivity contribution is -0.385. The van der Waals surface area contributed by atoms with E-state index in [9.17, 15) is 24.1 Å². The van der Waals surface area contributed by atoms with E-state index in [1.54, 1.807) is 0 Å². The van der Waals surface area contributed by atoms with Crippen molar-refractivity contribution in [3.63, 3.8) is 0 Å². The Labute approximate surface area is 119 Å². The molecule has 21 heavy (non-hydrogen) atoms. The fourth-order valence-electron chi connectivity index (χ4n) is 2.44. The molecule has 1 atom stereocenters. The van der Waals surface area contributed by atoms with Crippen LogP contribution in [0.3, 0.4) is 0 Å². The van der Waals surface area contributed by atoms with Crippen molar-refractivity contribution in [2.45, 2.75) is 18.9 Å². The third kappa shape index (κ3) is 2.83. The lowest BCUT2D eigenvalue weighted by atomic mass is 10.1. The Morgan fingerprint density at radius 3 is 2.81 bits per heavy atom. The van der Waals surface area contributed by atoms with E-state index < -0.39 is 28.4 Å². The van der Waals surface area contributed by atoms with E-state index in [1.807, 2.05) is 0 Å². The molecule has 1 saturated heterocycles. The number of nitrogens with one attached hydrogen (secondary N) is 1. The minimum absolute atomic E-state index is 0.310. The number of nitrogens with zero attached hydrogens (tertiary/aromatic N) is 2. The zero-order valence-corrected chi connectivity index (χ0v) is 11.3. The summed E-state index contributed by atoms with van der Waals surface area (Å²) >= 11 is 0. The molecule has 8 heteroatoms. The number of carbonyl (C=O) groups excluding carboxylic acids is 2. The quantitative estimate of drug-likeness (QED) is 0.667. The minimum Gasteiger partial charge on any atom is -0.357 e. The molecular formula is C13H14FN3O4. The van der Waals surface area contributed by atoms with Gasteiger partial charge in [0.2, 0.25) is 5.91 Å². The van der Waals surface area contributed by atoms with E-state index in [0.29, 0.717) is 19.4 Å². The molecule has 0 bridgehead atoms. The third-order valence-electron chi connectivity index (χ3n) is 3.45. The molecule has 1 fully saturated rings. The van der Waals surface area contributed by atoms with Gasteiger partial charge in [0.15, 0.2) is 0 Å². The molecule has 1 aromatic rings. The van der Waals surface area contributed by atoms with Gasteiger partial charge in [-0.1, -0.05) is 0 Å². The van der Waals surface area contributed by atoms with Crippen molar-refractivity contribution >= 4 is 17.5 Å². The summed E-state index contributed by atoms with van der Waals surface area (Å²) in [7, 11) is 1.45. The highest BCUT2D eigenvalue weighted by Crippen LogP contribution is 2.26. The van der Waals surface area contributed by atoms with Crippen molar-refractivity contribution < 1.29 is 18.9 Å². The summed E-state index contributed by atoms with van der Waals surface area (Å²) in [6, 6.07) is 2.04.